The van der Waals surface area contributed by atoms with Gasteiger partial charge in [-0.1, -0.05) is 36.7 Å². The maximum Gasteiger partial charge on any atom is 0.416 e. The number of benzene rings is 1. The zero-order valence-corrected chi connectivity index (χ0v) is 14.6. The number of aromatic nitrogens is 1. The zero-order chi connectivity index (χ0) is 19.5. The number of hydrogen-bond acceptors (Lipinski definition) is 3. The van der Waals surface area contributed by atoms with E-state index in [9.17, 15) is 28.2 Å². The van der Waals surface area contributed by atoms with Crippen LogP contribution in [0.1, 0.15) is 36.1 Å². The zero-order valence-electron chi connectivity index (χ0n) is 13.8. The Morgan fingerprint density at radius 2 is 1.81 bits per heavy atom. The molecule has 0 aliphatic rings. The van der Waals surface area contributed by atoms with E-state index in [0.717, 1.165) is 12.1 Å². The predicted octanol–water partition coefficient (Wildman–Crippen LogP) is 4.51. The smallest absolute Gasteiger partial charge is 0.416 e. The molecule has 2 aromatic rings. The molecule has 0 saturated heterocycles. The van der Waals surface area contributed by atoms with Gasteiger partial charge in [0.05, 0.1) is 11.7 Å². The van der Waals surface area contributed by atoms with Gasteiger partial charge in [0.2, 0.25) is 0 Å². The van der Waals surface area contributed by atoms with Crippen molar-refractivity contribution < 1.29 is 28.2 Å². The Labute approximate surface area is 153 Å². The summed E-state index contributed by atoms with van der Waals surface area (Å²) < 4.78 is 38.0. The monoisotopic (exact) mass is 387 g/mol. The molecule has 0 bridgehead atoms. The molecule has 2 atom stereocenters. The second-order valence-corrected chi connectivity index (χ2v) is 6.39. The molecular weight excluding hydrogens is 371 g/mol. The number of carboxylic acid groups (broad SMARTS) is 1. The molecule has 0 fully saturated rings. The molecule has 0 amide bonds. The van der Waals surface area contributed by atoms with Crippen LogP contribution in [0.25, 0.3) is 0 Å². The van der Waals surface area contributed by atoms with Crippen LogP contribution in [0.5, 0.6) is 0 Å². The van der Waals surface area contributed by atoms with Crippen molar-refractivity contribution in [2.75, 3.05) is 0 Å². The molecular formula is C18H17ClF3NO3. The van der Waals surface area contributed by atoms with Crippen molar-refractivity contribution in [3.63, 3.8) is 0 Å². The number of carboxylic acids is 1. The number of rotatable bonds is 6. The highest BCUT2D eigenvalue weighted by atomic mass is 35.5. The average Bonchev–Trinajstić information content (AvgIpc) is 2.59. The summed E-state index contributed by atoms with van der Waals surface area (Å²) in [5.74, 6) is -1.25. The van der Waals surface area contributed by atoms with E-state index >= 15 is 0 Å². The first-order chi connectivity index (χ1) is 12.1. The fourth-order valence-electron chi connectivity index (χ4n) is 2.80. The first-order valence-electron chi connectivity index (χ1n) is 7.79. The molecule has 26 heavy (non-hydrogen) atoms. The van der Waals surface area contributed by atoms with Crippen LogP contribution in [-0.2, 0) is 17.4 Å². The minimum atomic E-state index is -4.47. The van der Waals surface area contributed by atoms with Crippen LogP contribution in [0.15, 0.2) is 42.6 Å². The number of nitrogens with zero attached hydrogens (tertiary/aromatic N) is 1. The van der Waals surface area contributed by atoms with E-state index in [1.807, 2.05) is 0 Å². The van der Waals surface area contributed by atoms with Crippen LogP contribution in [-0.4, -0.2) is 21.2 Å². The van der Waals surface area contributed by atoms with Gasteiger partial charge in [-0.2, -0.15) is 13.2 Å². The van der Waals surface area contributed by atoms with E-state index in [0.29, 0.717) is 5.56 Å². The lowest BCUT2D eigenvalue weighted by atomic mass is 9.72. The van der Waals surface area contributed by atoms with Gasteiger partial charge >= 0.3 is 12.1 Å². The number of aliphatic hydroxyl groups is 1. The number of aliphatic hydroxyl groups excluding tert-OH is 1. The normalized spacial score (nSPS) is 15.3. The maximum atomic E-state index is 12.7. The summed E-state index contributed by atoms with van der Waals surface area (Å²) in [6.45, 7) is 1.60. The number of carbonyl (C=O) groups is 1. The van der Waals surface area contributed by atoms with Gasteiger partial charge in [-0.25, -0.2) is 4.98 Å². The molecule has 140 valence electrons. The number of pyridine rings is 1. The summed E-state index contributed by atoms with van der Waals surface area (Å²) in [6.07, 6.45) is -4.67. The van der Waals surface area contributed by atoms with Gasteiger partial charge in [0.25, 0.3) is 0 Å². The molecule has 0 aliphatic carbocycles. The van der Waals surface area contributed by atoms with Gasteiger partial charge < -0.3 is 10.2 Å². The van der Waals surface area contributed by atoms with Gasteiger partial charge in [0.15, 0.2) is 0 Å². The molecule has 0 saturated carbocycles. The summed E-state index contributed by atoms with van der Waals surface area (Å²) in [6, 6.07) is 7.15. The van der Waals surface area contributed by atoms with Crippen molar-refractivity contribution in [2.24, 2.45) is 5.41 Å². The van der Waals surface area contributed by atoms with E-state index in [4.69, 9.17) is 11.6 Å². The summed E-state index contributed by atoms with van der Waals surface area (Å²) in [5, 5.41) is 20.7. The van der Waals surface area contributed by atoms with E-state index in [1.165, 1.54) is 30.5 Å². The summed E-state index contributed by atoms with van der Waals surface area (Å²) in [7, 11) is 0. The molecule has 8 heteroatoms. The van der Waals surface area contributed by atoms with Crippen molar-refractivity contribution in [3.05, 3.63) is 64.4 Å². The second kappa shape index (κ2) is 7.63. The largest absolute Gasteiger partial charge is 0.481 e. The Bertz CT molecular complexity index is 763. The molecule has 0 spiro atoms. The van der Waals surface area contributed by atoms with Crippen LogP contribution in [0.4, 0.5) is 13.2 Å². The van der Waals surface area contributed by atoms with Crippen LogP contribution >= 0.6 is 11.6 Å². The molecule has 2 unspecified atom stereocenters. The molecule has 1 aromatic heterocycles. The van der Waals surface area contributed by atoms with Gasteiger partial charge in [-0.3, -0.25) is 4.79 Å². The Balaban J connectivity index is 2.37. The van der Waals surface area contributed by atoms with Gasteiger partial charge in [-0.05, 0) is 36.6 Å². The standard InChI is InChI=1S/C18H17ClF3NO3/c1-2-17(16(25)26,15(24)12-5-8-14(19)23-10-12)9-11-3-6-13(7-4-11)18(20,21)22/h3-8,10,15,24H,2,9H2,1H3,(H,25,26). The topological polar surface area (TPSA) is 70.4 Å². The Morgan fingerprint density at radius 3 is 2.23 bits per heavy atom. The van der Waals surface area contributed by atoms with Crippen LogP contribution in [0, 0.1) is 5.41 Å². The molecule has 1 aromatic carbocycles. The third-order valence-electron chi connectivity index (χ3n) is 4.45. The highest BCUT2D eigenvalue weighted by Gasteiger charge is 2.45. The summed E-state index contributed by atoms with van der Waals surface area (Å²) in [4.78, 5) is 15.8. The van der Waals surface area contributed by atoms with Crippen molar-refractivity contribution in [2.45, 2.75) is 32.0 Å². The fourth-order valence-corrected chi connectivity index (χ4v) is 2.91. The third kappa shape index (κ3) is 4.16. The lowest BCUT2D eigenvalue weighted by Crippen LogP contribution is -2.39. The maximum absolute atomic E-state index is 12.7. The Hall–Kier alpha value is -2.12. The second-order valence-electron chi connectivity index (χ2n) is 6.00. The van der Waals surface area contributed by atoms with Crippen molar-refractivity contribution >= 4 is 17.6 Å². The minimum absolute atomic E-state index is 0.0626. The summed E-state index contributed by atoms with van der Waals surface area (Å²) in [5.41, 5.74) is -1.79. The lowest BCUT2D eigenvalue weighted by Gasteiger charge is -2.33. The molecule has 2 rings (SSSR count). The highest BCUT2D eigenvalue weighted by molar-refractivity contribution is 6.29. The van der Waals surface area contributed by atoms with Crippen molar-refractivity contribution in [3.8, 4) is 0 Å². The lowest BCUT2D eigenvalue weighted by molar-refractivity contribution is -0.157. The molecule has 0 radical (unpaired) electrons. The fraction of sp³-hybridized carbons (Fsp3) is 0.333. The average molecular weight is 388 g/mol. The first-order valence-corrected chi connectivity index (χ1v) is 8.17. The Kier molecular flexibility index (Phi) is 5.93. The van der Waals surface area contributed by atoms with E-state index in [1.54, 1.807) is 6.92 Å². The van der Waals surface area contributed by atoms with Crippen LogP contribution in [0.2, 0.25) is 5.15 Å². The minimum Gasteiger partial charge on any atom is -0.481 e. The van der Waals surface area contributed by atoms with Crippen molar-refractivity contribution in [1.82, 2.24) is 4.98 Å². The summed E-state index contributed by atoms with van der Waals surface area (Å²) >= 11 is 5.71. The van der Waals surface area contributed by atoms with E-state index in [-0.39, 0.29) is 23.6 Å². The first kappa shape index (κ1) is 20.2. The Morgan fingerprint density at radius 1 is 1.19 bits per heavy atom. The predicted molar refractivity (Wildman–Crippen MR) is 89.7 cm³/mol. The van der Waals surface area contributed by atoms with Crippen LogP contribution < -0.4 is 0 Å². The highest BCUT2D eigenvalue weighted by Crippen LogP contribution is 2.41. The SMILES string of the molecule is CCC(Cc1ccc(C(F)(F)F)cc1)(C(=O)O)C(O)c1ccc(Cl)nc1. The molecule has 1 heterocycles. The van der Waals surface area contributed by atoms with E-state index in [2.05, 4.69) is 4.98 Å². The van der Waals surface area contributed by atoms with Crippen molar-refractivity contribution in [1.29, 1.82) is 0 Å². The number of aliphatic carboxylic acids is 1. The number of halogens is 4. The molecule has 0 aliphatic heterocycles. The molecule has 4 nitrogen and oxygen atoms in total. The third-order valence-corrected chi connectivity index (χ3v) is 4.67. The quantitative estimate of drug-likeness (QED) is 0.715. The van der Waals surface area contributed by atoms with Crippen LogP contribution in [0.3, 0.4) is 0 Å². The molecule has 2 N–H and O–H groups in total. The van der Waals surface area contributed by atoms with E-state index < -0.39 is 29.2 Å². The number of hydrogen-bond donors (Lipinski definition) is 2. The van der Waals surface area contributed by atoms with Gasteiger partial charge in [-0.15, -0.1) is 0 Å². The van der Waals surface area contributed by atoms with Gasteiger partial charge in [0, 0.05) is 11.8 Å². The van der Waals surface area contributed by atoms with Gasteiger partial charge in [0.1, 0.15) is 10.6 Å². The number of alkyl halides is 3.